The molecule has 0 saturated carbocycles. The second kappa shape index (κ2) is 9.33. The zero-order chi connectivity index (χ0) is 23.4. The minimum atomic E-state index is -3.52. The number of hydrogen-bond donors (Lipinski definition) is 1. The monoisotopic (exact) mass is 465 g/mol. The van der Waals surface area contributed by atoms with Gasteiger partial charge in [-0.15, -0.1) is 0 Å². The Morgan fingerprint density at radius 1 is 1.03 bits per heavy atom. The number of fused-ring (bicyclic) bond motifs is 1. The predicted molar refractivity (Wildman–Crippen MR) is 126 cm³/mol. The minimum absolute atomic E-state index is 0.185. The molecule has 0 radical (unpaired) electrons. The van der Waals surface area contributed by atoms with Crippen molar-refractivity contribution >= 4 is 27.8 Å². The van der Waals surface area contributed by atoms with Crippen molar-refractivity contribution in [2.75, 3.05) is 17.4 Å². The lowest BCUT2D eigenvalue weighted by atomic mass is 10.1. The molecular weight excluding hydrogens is 442 g/mol. The Morgan fingerprint density at radius 3 is 2.42 bits per heavy atom. The third-order valence-corrected chi connectivity index (χ3v) is 6.18. The Morgan fingerprint density at radius 2 is 1.73 bits per heavy atom. The van der Waals surface area contributed by atoms with Crippen LogP contribution >= 0.6 is 0 Å². The molecule has 0 saturated heterocycles. The maximum Gasteiger partial charge on any atom is 0.271 e. The van der Waals surface area contributed by atoms with Crippen LogP contribution in [0.25, 0.3) is 0 Å². The van der Waals surface area contributed by atoms with Crippen molar-refractivity contribution in [2.24, 2.45) is 5.10 Å². The second-order valence-corrected chi connectivity index (χ2v) is 9.52. The fourth-order valence-corrected chi connectivity index (χ4v) is 4.15. The highest BCUT2D eigenvalue weighted by Gasteiger charge is 2.18. The maximum atomic E-state index is 12.4. The second-order valence-electron chi connectivity index (χ2n) is 7.61. The fraction of sp³-hybridized carbons (Fsp3) is 0.167. The van der Waals surface area contributed by atoms with E-state index in [4.69, 9.17) is 9.47 Å². The van der Waals surface area contributed by atoms with Crippen LogP contribution in [-0.2, 0) is 16.6 Å². The fourth-order valence-electron chi connectivity index (χ4n) is 3.26. The molecule has 0 bridgehead atoms. The maximum absolute atomic E-state index is 12.4. The summed E-state index contributed by atoms with van der Waals surface area (Å²) in [6.07, 6.45) is 2.66. The molecule has 0 aromatic heterocycles. The summed E-state index contributed by atoms with van der Waals surface area (Å²) in [6, 6.07) is 19.3. The number of anilines is 1. The van der Waals surface area contributed by atoms with Gasteiger partial charge in [0.05, 0.1) is 24.7 Å². The molecule has 170 valence electrons. The largest absolute Gasteiger partial charge is 0.454 e. The van der Waals surface area contributed by atoms with Crippen LogP contribution in [0.1, 0.15) is 27.0 Å². The molecule has 1 amide bonds. The molecule has 3 aromatic rings. The summed E-state index contributed by atoms with van der Waals surface area (Å²) < 4.78 is 36.6. The van der Waals surface area contributed by atoms with Crippen LogP contribution in [0.5, 0.6) is 11.5 Å². The molecule has 4 rings (SSSR count). The third kappa shape index (κ3) is 5.50. The van der Waals surface area contributed by atoms with Crippen molar-refractivity contribution in [3.63, 3.8) is 0 Å². The number of carbonyl (C=O) groups is 1. The Labute approximate surface area is 192 Å². The lowest BCUT2D eigenvalue weighted by Gasteiger charge is -2.22. The van der Waals surface area contributed by atoms with Crippen molar-refractivity contribution in [1.29, 1.82) is 0 Å². The number of ether oxygens (including phenoxy) is 2. The molecule has 3 aromatic carbocycles. The topological polar surface area (TPSA) is 97.3 Å². The Balaban J connectivity index is 1.43. The van der Waals surface area contributed by atoms with E-state index in [2.05, 4.69) is 10.5 Å². The average Bonchev–Trinajstić information content (AvgIpc) is 3.26. The molecule has 0 atom stereocenters. The van der Waals surface area contributed by atoms with Crippen LogP contribution in [-0.4, -0.2) is 33.6 Å². The van der Waals surface area contributed by atoms with Crippen LogP contribution in [0.15, 0.2) is 71.8 Å². The molecule has 1 aliphatic rings. The van der Waals surface area contributed by atoms with Gasteiger partial charge >= 0.3 is 0 Å². The Bertz CT molecular complexity index is 1290. The van der Waals surface area contributed by atoms with Gasteiger partial charge in [-0.05, 0) is 60.5 Å². The first-order chi connectivity index (χ1) is 15.8. The van der Waals surface area contributed by atoms with Crippen molar-refractivity contribution in [2.45, 2.75) is 13.5 Å². The molecular formula is C24H23N3O5S. The standard InChI is InChI=1S/C24H23N3O5S/c1-17-3-5-18(6-4-17)15-27(33(2,29)30)21-10-8-20(9-11-21)24(28)26-25-14-19-7-12-22-23(13-19)32-16-31-22/h3-14H,15-16H2,1-2H3,(H,26,28)/b25-14-. The molecule has 0 fully saturated rings. The first-order valence-electron chi connectivity index (χ1n) is 10.2. The van der Waals surface area contributed by atoms with E-state index in [0.29, 0.717) is 22.7 Å². The van der Waals surface area contributed by atoms with Gasteiger partial charge in [-0.25, -0.2) is 13.8 Å². The quantitative estimate of drug-likeness (QED) is 0.426. The molecule has 8 nitrogen and oxygen atoms in total. The molecule has 0 spiro atoms. The lowest BCUT2D eigenvalue weighted by molar-refractivity contribution is 0.0955. The van der Waals surface area contributed by atoms with Crippen LogP contribution in [0.3, 0.4) is 0 Å². The summed E-state index contributed by atoms with van der Waals surface area (Å²) in [7, 11) is -3.52. The van der Waals surface area contributed by atoms with Crippen molar-refractivity contribution in [3.05, 3.63) is 89.0 Å². The zero-order valence-electron chi connectivity index (χ0n) is 18.2. The van der Waals surface area contributed by atoms with E-state index in [1.807, 2.05) is 31.2 Å². The predicted octanol–water partition coefficient (Wildman–Crippen LogP) is 3.45. The number of aryl methyl sites for hydroxylation is 1. The molecule has 9 heteroatoms. The van der Waals surface area contributed by atoms with Gasteiger partial charge in [0.1, 0.15) is 0 Å². The van der Waals surface area contributed by atoms with Crippen LogP contribution < -0.4 is 19.2 Å². The van der Waals surface area contributed by atoms with Crippen LogP contribution in [0, 0.1) is 6.92 Å². The van der Waals surface area contributed by atoms with E-state index >= 15 is 0 Å². The van der Waals surface area contributed by atoms with Gasteiger partial charge < -0.3 is 9.47 Å². The van der Waals surface area contributed by atoms with Crippen molar-refractivity contribution in [3.8, 4) is 11.5 Å². The van der Waals surface area contributed by atoms with E-state index in [1.54, 1.807) is 42.5 Å². The molecule has 33 heavy (non-hydrogen) atoms. The summed E-state index contributed by atoms with van der Waals surface area (Å²) in [4.78, 5) is 12.4. The van der Waals surface area contributed by atoms with E-state index in [9.17, 15) is 13.2 Å². The number of hydrazone groups is 1. The molecule has 1 aliphatic heterocycles. The highest BCUT2D eigenvalue weighted by Crippen LogP contribution is 2.32. The SMILES string of the molecule is Cc1ccc(CN(c2ccc(C(=O)N/N=C\c3ccc4c(c3)OCO4)cc2)S(C)(=O)=O)cc1. The molecule has 1 heterocycles. The number of sulfonamides is 1. The van der Waals surface area contributed by atoms with Crippen molar-refractivity contribution < 1.29 is 22.7 Å². The smallest absolute Gasteiger partial charge is 0.271 e. The Hall–Kier alpha value is -3.85. The van der Waals surface area contributed by atoms with E-state index < -0.39 is 15.9 Å². The van der Waals surface area contributed by atoms with Gasteiger partial charge in [0.15, 0.2) is 11.5 Å². The molecule has 1 N–H and O–H groups in total. The first kappa shape index (κ1) is 22.3. The van der Waals surface area contributed by atoms with Gasteiger partial charge in [-0.2, -0.15) is 5.10 Å². The number of carbonyl (C=O) groups excluding carboxylic acids is 1. The van der Waals surface area contributed by atoms with Gasteiger partial charge in [-0.1, -0.05) is 29.8 Å². The zero-order valence-corrected chi connectivity index (χ0v) is 19.0. The van der Waals surface area contributed by atoms with Crippen LogP contribution in [0.4, 0.5) is 5.69 Å². The third-order valence-electron chi connectivity index (χ3n) is 5.04. The van der Waals surface area contributed by atoms with Gasteiger partial charge in [0.25, 0.3) is 5.91 Å². The molecule has 0 aliphatic carbocycles. The average molecular weight is 466 g/mol. The summed E-state index contributed by atoms with van der Waals surface area (Å²) in [5, 5.41) is 3.98. The Kier molecular flexibility index (Phi) is 6.32. The summed E-state index contributed by atoms with van der Waals surface area (Å²) >= 11 is 0. The van der Waals surface area contributed by atoms with Gasteiger partial charge in [0, 0.05) is 5.56 Å². The normalized spacial score (nSPS) is 12.7. The number of hydrogen-bond acceptors (Lipinski definition) is 6. The number of nitrogens with zero attached hydrogens (tertiary/aromatic N) is 2. The summed E-state index contributed by atoms with van der Waals surface area (Å²) in [5.41, 5.74) is 6.00. The van der Waals surface area contributed by atoms with Gasteiger partial charge in [-0.3, -0.25) is 9.10 Å². The summed E-state index contributed by atoms with van der Waals surface area (Å²) in [5.74, 6) is 0.881. The highest BCUT2D eigenvalue weighted by molar-refractivity contribution is 7.92. The lowest BCUT2D eigenvalue weighted by Crippen LogP contribution is -2.29. The number of rotatable bonds is 7. The number of nitrogens with one attached hydrogen (secondary N) is 1. The van der Waals surface area contributed by atoms with Crippen molar-refractivity contribution in [1.82, 2.24) is 5.43 Å². The van der Waals surface area contributed by atoms with Crippen LogP contribution in [0.2, 0.25) is 0 Å². The van der Waals surface area contributed by atoms with E-state index in [1.165, 1.54) is 10.5 Å². The first-order valence-corrected chi connectivity index (χ1v) is 12.0. The number of amides is 1. The summed E-state index contributed by atoms with van der Waals surface area (Å²) in [6.45, 7) is 2.36. The number of benzene rings is 3. The molecule has 0 unspecified atom stereocenters. The van der Waals surface area contributed by atoms with Gasteiger partial charge in [0.2, 0.25) is 16.8 Å². The highest BCUT2D eigenvalue weighted by atomic mass is 32.2. The van der Waals surface area contributed by atoms with E-state index in [-0.39, 0.29) is 13.3 Å². The van der Waals surface area contributed by atoms with E-state index in [0.717, 1.165) is 22.9 Å². The minimum Gasteiger partial charge on any atom is -0.454 e.